The average Bonchev–Trinajstić information content (AvgIpc) is 2.12. The molecule has 0 aliphatic rings. The van der Waals surface area contributed by atoms with Gasteiger partial charge in [-0.15, -0.1) is 0 Å². The van der Waals surface area contributed by atoms with Crippen LogP contribution >= 0.6 is 23.2 Å². The summed E-state index contributed by atoms with van der Waals surface area (Å²) in [5.74, 6) is -0.0598. The largest absolute Gasteiger partial charge is 0.505 e. The van der Waals surface area contributed by atoms with Gasteiger partial charge in [-0.2, -0.15) is 0 Å². The van der Waals surface area contributed by atoms with Gasteiger partial charge >= 0.3 is 0 Å². The fourth-order valence-corrected chi connectivity index (χ4v) is 1.51. The third-order valence-electron chi connectivity index (χ3n) is 1.97. The summed E-state index contributed by atoms with van der Waals surface area (Å²) in [7, 11) is 1.85. The van der Waals surface area contributed by atoms with Crippen LogP contribution in [0.3, 0.4) is 0 Å². The fourth-order valence-electron chi connectivity index (χ4n) is 1.00. The standard InChI is InChI=1S/C9H11Cl2NO/c1-5(12-2)6-3-7(10)9(13)8(11)4-6/h3-5,12-13H,1-2H3/t5-/m1/s1. The zero-order chi connectivity index (χ0) is 10.0. The maximum Gasteiger partial charge on any atom is 0.152 e. The summed E-state index contributed by atoms with van der Waals surface area (Å²) in [4.78, 5) is 0. The molecule has 0 aliphatic carbocycles. The Morgan fingerprint density at radius 2 is 1.77 bits per heavy atom. The molecule has 0 amide bonds. The molecule has 72 valence electrons. The van der Waals surface area contributed by atoms with Gasteiger partial charge in [0, 0.05) is 6.04 Å². The summed E-state index contributed by atoms with van der Waals surface area (Å²) in [6.07, 6.45) is 0. The van der Waals surface area contributed by atoms with Crippen LogP contribution in [0.4, 0.5) is 0 Å². The Kier molecular flexibility index (Phi) is 3.42. The molecule has 0 unspecified atom stereocenters. The Labute approximate surface area is 87.5 Å². The van der Waals surface area contributed by atoms with Crippen LogP contribution in [0.15, 0.2) is 12.1 Å². The number of phenols is 1. The third-order valence-corrected chi connectivity index (χ3v) is 2.55. The lowest BCUT2D eigenvalue weighted by atomic mass is 10.1. The number of nitrogens with one attached hydrogen (secondary N) is 1. The topological polar surface area (TPSA) is 32.3 Å². The van der Waals surface area contributed by atoms with Crippen molar-refractivity contribution in [1.29, 1.82) is 0 Å². The minimum absolute atomic E-state index is 0.0598. The molecule has 0 aromatic heterocycles. The van der Waals surface area contributed by atoms with Crippen LogP contribution in [-0.4, -0.2) is 12.2 Å². The lowest BCUT2D eigenvalue weighted by Crippen LogP contribution is -2.12. The van der Waals surface area contributed by atoms with E-state index in [1.54, 1.807) is 12.1 Å². The molecule has 1 aromatic rings. The normalized spacial score (nSPS) is 12.9. The van der Waals surface area contributed by atoms with Gasteiger partial charge in [-0.05, 0) is 31.7 Å². The predicted octanol–water partition coefficient (Wildman–Crippen LogP) is 2.98. The molecule has 1 atom stereocenters. The summed E-state index contributed by atoms with van der Waals surface area (Å²) in [5, 5.41) is 12.9. The molecule has 2 N–H and O–H groups in total. The van der Waals surface area contributed by atoms with E-state index in [0.29, 0.717) is 0 Å². The van der Waals surface area contributed by atoms with E-state index in [9.17, 15) is 5.11 Å². The van der Waals surface area contributed by atoms with Crippen LogP contribution in [0.2, 0.25) is 10.0 Å². The van der Waals surface area contributed by atoms with Gasteiger partial charge in [0.15, 0.2) is 5.75 Å². The number of hydrogen-bond acceptors (Lipinski definition) is 2. The Balaban J connectivity index is 3.13. The minimum Gasteiger partial charge on any atom is -0.505 e. The lowest BCUT2D eigenvalue weighted by Gasteiger charge is -2.12. The van der Waals surface area contributed by atoms with Crippen molar-refractivity contribution in [2.75, 3.05) is 7.05 Å². The van der Waals surface area contributed by atoms with Crippen molar-refractivity contribution < 1.29 is 5.11 Å². The molecule has 13 heavy (non-hydrogen) atoms. The number of hydrogen-bond donors (Lipinski definition) is 2. The highest BCUT2D eigenvalue weighted by molar-refractivity contribution is 6.37. The summed E-state index contributed by atoms with van der Waals surface area (Å²) < 4.78 is 0. The molecule has 1 rings (SSSR count). The fraction of sp³-hybridized carbons (Fsp3) is 0.333. The molecule has 0 radical (unpaired) electrons. The first-order valence-electron chi connectivity index (χ1n) is 3.91. The maximum atomic E-state index is 9.30. The number of halogens is 2. The first-order chi connectivity index (χ1) is 6.06. The Bertz CT molecular complexity index is 291. The first kappa shape index (κ1) is 10.6. The number of aromatic hydroxyl groups is 1. The van der Waals surface area contributed by atoms with E-state index >= 15 is 0 Å². The maximum absolute atomic E-state index is 9.30. The molecule has 2 nitrogen and oxygen atoms in total. The number of phenolic OH excluding ortho intramolecular Hbond substituents is 1. The van der Waals surface area contributed by atoms with Gasteiger partial charge in [0.25, 0.3) is 0 Å². The van der Waals surface area contributed by atoms with Crippen LogP contribution in [0.5, 0.6) is 5.75 Å². The average molecular weight is 220 g/mol. The highest BCUT2D eigenvalue weighted by Crippen LogP contribution is 2.34. The van der Waals surface area contributed by atoms with Gasteiger partial charge in [-0.1, -0.05) is 23.2 Å². The van der Waals surface area contributed by atoms with Crippen molar-refractivity contribution in [1.82, 2.24) is 5.32 Å². The van der Waals surface area contributed by atoms with Crippen LogP contribution in [0.1, 0.15) is 18.5 Å². The summed E-state index contributed by atoms with van der Waals surface area (Å²) >= 11 is 11.5. The molecule has 4 heteroatoms. The van der Waals surface area contributed by atoms with E-state index in [1.165, 1.54) is 0 Å². The van der Waals surface area contributed by atoms with Gasteiger partial charge in [0.2, 0.25) is 0 Å². The molecule has 1 aromatic carbocycles. The van der Waals surface area contributed by atoms with Gasteiger partial charge in [-0.3, -0.25) is 0 Å². The molecule has 0 aliphatic heterocycles. The highest BCUT2D eigenvalue weighted by atomic mass is 35.5. The Hall–Kier alpha value is -0.440. The first-order valence-corrected chi connectivity index (χ1v) is 4.67. The van der Waals surface area contributed by atoms with Crippen molar-refractivity contribution in [3.05, 3.63) is 27.7 Å². The highest BCUT2D eigenvalue weighted by Gasteiger charge is 2.09. The van der Waals surface area contributed by atoms with E-state index in [0.717, 1.165) is 5.56 Å². The molecular weight excluding hydrogens is 209 g/mol. The smallest absolute Gasteiger partial charge is 0.152 e. The summed E-state index contributed by atoms with van der Waals surface area (Å²) in [5.41, 5.74) is 0.954. The zero-order valence-corrected chi connectivity index (χ0v) is 8.95. The van der Waals surface area contributed by atoms with E-state index in [1.807, 2.05) is 14.0 Å². The van der Waals surface area contributed by atoms with Gasteiger partial charge in [0.05, 0.1) is 10.0 Å². The van der Waals surface area contributed by atoms with Crippen molar-refractivity contribution in [3.8, 4) is 5.75 Å². The molecule has 0 saturated heterocycles. The molecule has 0 saturated carbocycles. The second kappa shape index (κ2) is 4.18. The van der Waals surface area contributed by atoms with E-state index < -0.39 is 0 Å². The minimum atomic E-state index is -0.0598. The second-order valence-electron chi connectivity index (χ2n) is 2.84. The third kappa shape index (κ3) is 2.27. The van der Waals surface area contributed by atoms with Gasteiger partial charge in [0.1, 0.15) is 0 Å². The Morgan fingerprint density at radius 3 is 2.15 bits per heavy atom. The molecule has 0 fully saturated rings. The summed E-state index contributed by atoms with van der Waals surface area (Å²) in [6, 6.07) is 3.56. The predicted molar refractivity (Wildman–Crippen MR) is 55.6 cm³/mol. The molecular formula is C9H11Cl2NO. The monoisotopic (exact) mass is 219 g/mol. The SMILES string of the molecule is CN[C@H](C)c1cc(Cl)c(O)c(Cl)c1. The van der Waals surface area contributed by atoms with Crippen LogP contribution in [0, 0.1) is 0 Å². The van der Waals surface area contributed by atoms with Crippen molar-refractivity contribution in [3.63, 3.8) is 0 Å². The van der Waals surface area contributed by atoms with Crippen molar-refractivity contribution in [2.45, 2.75) is 13.0 Å². The second-order valence-corrected chi connectivity index (χ2v) is 3.66. The van der Waals surface area contributed by atoms with Gasteiger partial charge in [-0.25, -0.2) is 0 Å². The quantitative estimate of drug-likeness (QED) is 0.802. The van der Waals surface area contributed by atoms with Gasteiger partial charge < -0.3 is 10.4 Å². The number of benzene rings is 1. The summed E-state index contributed by atoms with van der Waals surface area (Å²) in [6.45, 7) is 1.99. The molecule has 0 heterocycles. The van der Waals surface area contributed by atoms with E-state index in [4.69, 9.17) is 23.2 Å². The van der Waals surface area contributed by atoms with Crippen LogP contribution in [-0.2, 0) is 0 Å². The Morgan fingerprint density at radius 1 is 1.31 bits per heavy atom. The van der Waals surface area contributed by atoms with Crippen LogP contribution in [0.25, 0.3) is 0 Å². The zero-order valence-electron chi connectivity index (χ0n) is 7.44. The van der Waals surface area contributed by atoms with Crippen molar-refractivity contribution in [2.24, 2.45) is 0 Å². The lowest BCUT2D eigenvalue weighted by molar-refractivity contribution is 0.475. The van der Waals surface area contributed by atoms with E-state index in [-0.39, 0.29) is 21.8 Å². The van der Waals surface area contributed by atoms with Crippen molar-refractivity contribution >= 4 is 23.2 Å². The van der Waals surface area contributed by atoms with Crippen LogP contribution < -0.4 is 5.32 Å². The van der Waals surface area contributed by atoms with E-state index in [2.05, 4.69) is 5.32 Å². The number of rotatable bonds is 2. The molecule has 0 bridgehead atoms. The molecule has 0 spiro atoms.